The predicted octanol–water partition coefficient (Wildman–Crippen LogP) is 6.63. The van der Waals surface area contributed by atoms with Gasteiger partial charge in [0.1, 0.15) is 0 Å². The average molecular weight is 458 g/mol. The van der Waals surface area contributed by atoms with Crippen LogP contribution in [0.4, 0.5) is 11.6 Å². The smallest absolute Gasteiger partial charge is 0.228 e. The summed E-state index contributed by atoms with van der Waals surface area (Å²) in [6.07, 6.45) is 3.63. The molecule has 30 heavy (non-hydrogen) atoms. The van der Waals surface area contributed by atoms with Gasteiger partial charge in [-0.3, -0.25) is 0 Å². The number of nitrogens with zero attached hydrogens (tertiary/aromatic N) is 3. The summed E-state index contributed by atoms with van der Waals surface area (Å²) in [4.78, 5) is 9.61. The Hall–Kier alpha value is -2.76. The van der Waals surface area contributed by atoms with Crippen molar-refractivity contribution < 1.29 is 0 Å². The predicted molar refractivity (Wildman–Crippen MR) is 126 cm³/mol. The molecular weight excluding hydrogens is 436 g/mol. The zero-order chi connectivity index (χ0) is 20.3. The van der Waals surface area contributed by atoms with Crippen molar-refractivity contribution in [2.45, 2.75) is 25.3 Å². The molecule has 0 saturated carbocycles. The Balaban J connectivity index is 1.48. The van der Waals surface area contributed by atoms with E-state index in [1.165, 1.54) is 18.4 Å². The monoisotopic (exact) mass is 457 g/mol. The van der Waals surface area contributed by atoms with Gasteiger partial charge in [0.2, 0.25) is 5.95 Å². The lowest BCUT2D eigenvalue weighted by Gasteiger charge is -2.22. The number of piperidine rings is 1. The highest BCUT2D eigenvalue weighted by Gasteiger charge is 2.16. The Morgan fingerprint density at radius 1 is 0.867 bits per heavy atom. The van der Waals surface area contributed by atoms with E-state index in [9.17, 15) is 0 Å². The summed E-state index contributed by atoms with van der Waals surface area (Å²) in [5, 5.41) is 9.16. The molecule has 1 aromatic heterocycles. The Labute approximate surface area is 184 Å². The fourth-order valence-corrected chi connectivity index (χ4v) is 4.31. The summed E-state index contributed by atoms with van der Waals surface area (Å²) in [5.74, 6) is 0.596. The lowest BCUT2D eigenvalue weighted by Crippen LogP contribution is -2.20. The molecule has 1 aliphatic heterocycles. The van der Waals surface area contributed by atoms with Crippen molar-refractivity contribution in [3.63, 3.8) is 0 Å². The lowest BCUT2D eigenvalue weighted by atomic mass is 9.97. The topological polar surface area (TPSA) is 51.9 Å². The van der Waals surface area contributed by atoms with Crippen LogP contribution in [0.3, 0.4) is 0 Å². The first-order valence-electron chi connectivity index (χ1n) is 10.3. The molecule has 0 bridgehead atoms. The Morgan fingerprint density at radius 3 is 2.47 bits per heavy atom. The van der Waals surface area contributed by atoms with Crippen molar-refractivity contribution in [2.75, 3.05) is 11.9 Å². The third kappa shape index (κ3) is 4.09. The number of anilines is 2. The summed E-state index contributed by atoms with van der Waals surface area (Å²) in [5.41, 5.74) is 5.16. The molecule has 4 nitrogen and oxygen atoms in total. The van der Waals surface area contributed by atoms with E-state index < -0.39 is 0 Å². The fraction of sp³-hybridized carbons (Fsp3) is 0.200. The van der Waals surface area contributed by atoms with Crippen LogP contribution < -0.4 is 10.6 Å². The van der Waals surface area contributed by atoms with Crippen LogP contribution in [0.2, 0.25) is 0 Å². The SMILES string of the molecule is Brc1ccc2nc(Nc3ccc(C4CCCC[N]4)cc3)nc(-c3ccccc3)c2c1. The minimum absolute atomic E-state index is 0.341. The van der Waals surface area contributed by atoms with Crippen molar-refractivity contribution in [2.24, 2.45) is 0 Å². The zero-order valence-electron chi connectivity index (χ0n) is 16.6. The molecule has 4 aromatic rings. The van der Waals surface area contributed by atoms with Crippen LogP contribution in [0.5, 0.6) is 0 Å². The second-order valence-corrected chi connectivity index (χ2v) is 8.50. The maximum absolute atomic E-state index is 4.86. The van der Waals surface area contributed by atoms with Crippen molar-refractivity contribution >= 4 is 38.5 Å². The Morgan fingerprint density at radius 2 is 1.70 bits per heavy atom. The standard InChI is InChI=1S/C25H22BrN4/c26-19-11-14-23-21(16-19)24(18-6-2-1-3-7-18)30-25(29-23)28-20-12-9-17(10-13-20)22-8-4-5-15-27-22/h1-3,6-7,9-14,16,22H,4-5,8,15H2,(H,28,29,30). The molecular formula is C25H22BrN4. The summed E-state index contributed by atoms with van der Waals surface area (Å²) < 4.78 is 1.01. The molecule has 1 saturated heterocycles. The van der Waals surface area contributed by atoms with Crippen LogP contribution in [0.1, 0.15) is 30.9 Å². The van der Waals surface area contributed by atoms with Crippen molar-refractivity contribution in [3.8, 4) is 11.3 Å². The average Bonchev–Trinajstić information content (AvgIpc) is 2.80. The van der Waals surface area contributed by atoms with Crippen LogP contribution in [0, 0.1) is 0 Å². The molecule has 149 valence electrons. The summed E-state index contributed by atoms with van der Waals surface area (Å²) in [7, 11) is 0. The van der Waals surface area contributed by atoms with Gasteiger partial charge in [-0.25, -0.2) is 15.3 Å². The third-order valence-corrected chi connectivity index (χ3v) is 5.99. The molecule has 0 spiro atoms. The van der Waals surface area contributed by atoms with E-state index in [-0.39, 0.29) is 0 Å². The largest absolute Gasteiger partial charge is 0.324 e. The first-order chi connectivity index (χ1) is 14.8. The van der Waals surface area contributed by atoms with Gasteiger partial charge >= 0.3 is 0 Å². The van der Waals surface area contributed by atoms with Gasteiger partial charge in [0.15, 0.2) is 0 Å². The second kappa shape index (κ2) is 8.54. The number of rotatable bonds is 4. The number of aromatic nitrogens is 2. The van der Waals surface area contributed by atoms with E-state index in [4.69, 9.17) is 15.3 Å². The van der Waals surface area contributed by atoms with Crippen LogP contribution in [-0.2, 0) is 0 Å². The zero-order valence-corrected chi connectivity index (χ0v) is 18.1. The quantitative estimate of drug-likeness (QED) is 0.373. The molecule has 1 atom stereocenters. The highest BCUT2D eigenvalue weighted by molar-refractivity contribution is 9.10. The van der Waals surface area contributed by atoms with Crippen molar-refractivity contribution in [1.82, 2.24) is 15.3 Å². The Bertz CT molecular complexity index is 1150. The number of halogens is 1. The summed E-state index contributed by atoms with van der Waals surface area (Å²) >= 11 is 3.57. The molecule has 1 aliphatic rings. The molecule has 1 fully saturated rings. The van der Waals surface area contributed by atoms with Crippen molar-refractivity contribution in [1.29, 1.82) is 0 Å². The van der Waals surface area contributed by atoms with Crippen molar-refractivity contribution in [3.05, 3.63) is 82.8 Å². The minimum atomic E-state index is 0.341. The van der Waals surface area contributed by atoms with Gasteiger partial charge in [0.05, 0.1) is 11.2 Å². The normalized spacial score (nSPS) is 16.5. The van der Waals surface area contributed by atoms with Crippen LogP contribution in [0.25, 0.3) is 22.2 Å². The van der Waals surface area contributed by atoms with Gasteiger partial charge in [-0.1, -0.05) is 64.8 Å². The van der Waals surface area contributed by atoms with Crippen LogP contribution in [0.15, 0.2) is 77.3 Å². The van der Waals surface area contributed by atoms with E-state index in [0.29, 0.717) is 12.0 Å². The summed E-state index contributed by atoms with van der Waals surface area (Å²) in [6, 6.07) is 25.2. The first kappa shape index (κ1) is 19.2. The van der Waals surface area contributed by atoms with E-state index >= 15 is 0 Å². The molecule has 1 radical (unpaired) electrons. The van der Waals surface area contributed by atoms with Crippen LogP contribution in [-0.4, -0.2) is 16.5 Å². The molecule has 0 aliphatic carbocycles. The number of hydrogen-bond acceptors (Lipinski definition) is 3. The van der Waals surface area contributed by atoms with Gasteiger partial charge in [-0.05, 0) is 48.7 Å². The minimum Gasteiger partial charge on any atom is -0.324 e. The van der Waals surface area contributed by atoms with Gasteiger partial charge in [0, 0.05) is 33.7 Å². The second-order valence-electron chi connectivity index (χ2n) is 7.59. The van der Waals surface area contributed by atoms with Crippen LogP contribution >= 0.6 is 15.9 Å². The highest BCUT2D eigenvalue weighted by Crippen LogP contribution is 2.31. The molecule has 1 N–H and O–H groups in total. The first-order valence-corrected chi connectivity index (χ1v) is 11.1. The molecule has 5 rings (SSSR count). The fourth-order valence-electron chi connectivity index (χ4n) is 3.95. The molecule has 1 unspecified atom stereocenters. The maximum atomic E-state index is 4.86. The lowest BCUT2D eigenvalue weighted by molar-refractivity contribution is 0.403. The van der Waals surface area contributed by atoms with Gasteiger partial charge < -0.3 is 5.32 Å². The van der Waals surface area contributed by atoms with Gasteiger partial charge in [-0.2, -0.15) is 0 Å². The molecule has 5 heteroatoms. The van der Waals surface area contributed by atoms with E-state index in [0.717, 1.165) is 45.3 Å². The summed E-state index contributed by atoms with van der Waals surface area (Å²) in [6.45, 7) is 0.980. The maximum Gasteiger partial charge on any atom is 0.228 e. The highest BCUT2D eigenvalue weighted by atomic mass is 79.9. The molecule has 0 amide bonds. The van der Waals surface area contributed by atoms with E-state index in [2.05, 4.69) is 63.7 Å². The number of nitrogens with one attached hydrogen (secondary N) is 1. The van der Waals surface area contributed by atoms with Gasteiger partial charge in [0.25, 0.3) is 0 Å². The van der Waals surface area contributed by atoms with Gasteiger partial charge in [-0.15, -0.1) is 0 Å². The van der Waals surface area contributed by atoms with E-state index in [1.807, 2.05) is 30.3 Å². The Kier molecular flexibility index (Phi) is 5.47. The number of hydrogen-bond donors (Lipinski definition) is 1. The number of benzene rings is 3. The third-order valence-electron chi connectivity index (χ3n) is 5.49. The number of fused-ring (bicyclic) bond motifs is 1. The molecule has 3 aromatic carbocycles. The van der Waals surface area contributed by atoms with E-state index in [1.54, 1.807) is 0 Å². The molecule has 2 heterocycles.